The molecular weight excluding hydrogens is 212 g/mol. The molecule has 0 bridgehead atoms. The molecule has 2 aromatic rings. The van der Waals surface area contributed by atoms with Crippen molar-refractivity contribution in [2.24, 2.45) is 0 Å². The van der Waals surface area contributed by atoms with E-state index in [4.69, 9.17) is 4.74 Å². The Hall–Kier alpha value is -2.37. The molecule has 1 N–H and O–H groups in total. The van der Waals surface area contributed by atoms with Crippen LogP contribution >= 0.6 is 0 Å². The van der Waals surface area contributed by atoms with Gasteiger partial charge in [0.15, 0.2) is 0 Å². The molecule has 0 spiro atoms. The maximum Gasteiger partial charge on any atom is 0.313 e. The number of nitro groups is 1. The molecule has 0 aliphatic heterocycles. The standard InChI is InChI=1S/C10H8N2O4/c1-16-10-7(12(14)15)3-2-6-8(13)4-5-11-9(6)10/h2-5H,1H3,(H,11,13). The molecule has 1 aromatic carbocycles. The molecular formula is C10H8N2O4. The van der Waals surface area contributed by atoms with Crippen LogP contribution in [0.2, 0.25) is 0 Å². The lowest BCUT2D eigenvalue weighted by Crippen LogP contribution is -1.95. The summed E-state index contributed by atoms with van der Waals surface area (Å²) in [6.45, 7) is 0. The molecule has 6 heteroatoms. The van der Waals surface area contributed by atoms with Gasteiger partial charge in [-0.05, 0) is 12.1 Å². The number of fused-ring (bicyclic) bond motifs is 1. The predicted octanol–water partition coefficient (Wildman–Crippen LogP) is 1.86. The van der Waals surface area contributed by atoms with Crippen LogP contribution in [0.5, 0.6) is 11.5 Å². The third-order valence-corrected chi connectivity index (χ3v) is 2.22. The highest BCUT2D eigenvalue weighted by Crippen LogP contribution is 2.36. The van der Waals surface area contributed by atoms with Crippen LogP contribution in [0.25, 0.3) is 10.9 Å². The van der Waals surface area contributed by atoms with Crippen molar-refractivity contribution in [2.45, 2.75) is 0 Å². The number of aromatic nitrogens is 1. The van der Waals surface area contributed by atoms with Crippen molar-refractivity contribution in [2.75, 3.05) is 7.11 Å². The van der Waals surface area contributed by atoms with Crippen LogP contribution in [0.4, 0.5) is 5.69 Å². The average molecular weight is 220 g/mol. The summed E-state index contributed by atoms with van der Waals surface area (Å²) < 4.78 is 4.96. The number of rotatable bonds is 2. The van der Waals surface area contributed by atoms with Gasteiger partial charge in [0.1, 0.15) is 11.3 Å². The summed E-state index contributed by atoms with van der Waals surface area (Å²) in [4.78, 5) is 14.2. The van der Waals surface area contributed by atoms with E-state index in [1.807, 2.05) is 0 Å². The highest BCUT2D eigenvalue weighted by molar-refractivity contribution is 5.92. The fourth-order valence-corrected chi connectivity index (χ4v) is 1.51. The van der Waals surface area contributed by atoms with Gasteiger partial charge in [-0.3, -0.25) is 15.1 Å². The molecule has 82 valence electrons. The van der Waals surface area contributed by atoms with Gasteiger partial charge in [-0.25, -0.2) is 0 Å². The minimum atomic E-state index is -0.552. The zero-order valence-electron chi connectivity index (χ0n) is 8.38. The number of pyridine rings is 1. The monoisotopic (exact) mass is 220 g/mol. The largest absolute Gasteiger partial charge is 0.507 e. The van der Waals surface area contributed by atoms with Crippen molar-refractivity contribution in [3.05, 3.63) is 34.5 Å². The van der Waals surface area contributed by atoms with Gasteiger partial charge in [-0.15, -0.1) is 0 Å². The molecule has 0 unspecified atom stereocenters. The summed E-state index contributed by atoms with van der Waals surface area (Å²) in [6, 6.07) is 4.13. The predicted molar refractivity (Wildman–Crippen MR) is 56.6 cm³/mol. The van der Waals surface area contributed by atoms with Crippen LogP contribution in [0, 0.1) is 10.1 Å². The normalized spacial score (nSPS) is 10.3. The van der Waals surface area contributed by atoms with Gasteiger partial charge in [-0.1, -0.05) is 0 Å². The third-order valence-electron chi connectivity index (χ3n) is 2.22. The number of benzene rings is 1. The van der Waals surface area contributed by atoms with Crippen LogP contribution < -0.4 is 4.74 Å². The van der Waals surface area contributed by atoms with Gasteiger partial charge >= 0.3 is 5.69 Å². The first-order valence-electron chi connectivity index (χ1n) is 4.44. The lowest BCUT2D eigenvalue weighted by atomic mass is 10.1. The molecule has 0 aliphatic rings. The fraction of sp³-hybridized carbons (Fsp3) is 0.100. The Morgan fingerprint density at radius 1 is 1.44 bits per heavy atom. The van der Waals surface area contributed by atoms with E-state index in [-0.39, 0.29) is 22.7 Å². The summed E-state index contributed by atoms with van der Waals surface area (Å²) >= 11 is 0. The Bertz CT molecular complexity index is 568. The summed E-state index contributed by atoms with van der Waals surface area (Å²) in [5.74, 6) is 0.0663. The SMILES string of the molecule is COc1c([N+](=O)[O-])ccc2c(O)ccnc12. The minimum Gasteiger partial charge on any atom is -0.507 e. The second-order valence-electron chi connectivity index (χ2n) is 3.10. The van der Waals surface area contributed by atoms with Crippen LogP contribution in [-0.4, -0.2) is 22.1 Å². The Morgan fingerprint density at radius 2 is 2.19 bits per heavy atom. The first-order valence-corrected chi connectivity index (χ1v) is 4.44. The maximum atomic E-state index is 10.7. The highest BCUT2D eigenvalue weighted by atomic mass is 16.6. The van der Waals surface area contributed by atoms with Gasteiger partial charge in [0.25, 0.3) is 0 Å². The Labute approximate surface area is 90.3 Å². The molecule has 16 heavy (non-hydrogen) atoms. The first kappa shape index (κ1) is 10.2. The quantitative estimate of drug-likeness (QED) is 0.616. The van der Waals surface area contributed by atoms with E-state index in [1.54, 1.807) is 0 Å². The second kappa shape index (κ2) is 3.65. The van der Waals surface area contributed by atoms with E-state index < -0.39 is 4.92 Å². The molecule has 0 fully saturated rings. The molecule has 0 aliphatic carbocycles. The van der Waals surface area contributed by atoms with Crippen molar-refractivity contribution >= 4 is 16.6 Å². The Morgan fingerprint density at radius 3 is 2.81 bits per heavy atom. The Kier molecular flexibility index (Phi) is 2.32. The maximum absolute atomic E-state index is 10.7. The smallest absolute Gasteiger partial charge is 0.313 e. The van der Waals surface area contributed by atoms with Gasteiger partial charge in [0.2, 0.25) is 5.75 Å². The van der Waals surface area contributed by atoms with E-state index >= 15 is 0 Å². The number of aromatic hydroxyl groups is 1. The molecule has 2 rings (SSSR count). The van der Waals surface area contributed by atoms with E-state index in [9.17, 15) is 15.2 Å². The lowest BCUT2D eigenvalue weighted by Gasteiger charge is -2.05. The molecule has 0 saturated heterocycles. The first-order chi connectivity index (χ1) is 7.65. The van der Waals surface area contributed by atoms with Gasteiger partial charge < -0.3 is 9.84 Å². The van der Waals surface area contributed by atoms with Crippen LogP contribution in [0.3, 0.4) is 0 Å². The summed E-state index contributed by atoms with van der Waals surface area (Å²) in [7, 11) is 1.33. The molecule has 1 aromatic heterocycles. The van der Waals surface area contributed by atoms with Crippen molar-refractivity contribution in [3.8, 4) is 11.5 Å². The van der Waals surface area contributed by atoms with Crippen LogP contribution in [0.15, 0.2) is 24.4 Å². The molecule has 0 atom stereocenters. The van der Waals surface area contributed by atoms with E-state index in [0.717, 1.165) is 0 Å². The molecule has 6 nitrogen and oxygen atoms in total. The van der Waals surface area contributed by atoms with Crippen LogP contribution in [0.1, 0.15) is 0 Å². The number of ether oxygens (including phenoxy) is 1. The van der Waals surface area contributed by atoms with Crippen molar-refractivity contribution in [3.63, 3.8) is 0 Å². The Balaban J connectivity index is 2.86. The zero-order valence-corrected chi connectivity index (χ0v) is 8.38. The number of nitro benzene ring substituents is 1. The zero-order chi connectivity index (χ0) is 11.7. The van der Waals surface area contributed by atoms with Crippen molar-refractivity contribution in [1.82, 2.24) is 4.98 Å². The number of hydrogen-bond donors (Lipinski definition) is 1. The fourth-order valence-electron chi connectivity index (χ4n) is 1.51. The molecule has 1 heterocycles. The summed E-state index contributed by atoms with van der Waals surface area (Å²) in [5.41, 5.74) is 0.102. The molecule has 0 saturated carbocycles. The van der Waals surface area contributed by atoms with E-state index in [0.29, 0.717) is 5.39 Å². The van der Waals surface area contributed by atoms with Crippen LogP contribution in [-0.2, 0) is 0 Å². The average Bonchev–Trinajstić information content (AvgIpc) is 2.27. The van der Waals surface area contributed by atoms with Gasteiger partial charge in [0.05, 0.1) is 12.0 Å². The van der Waals surface area contributed by atoms with E-state index in [1.165, 1.54) is 31.5 Å². The number of nitrogens with zero attached hydrogens (tertiary/aromatic N) is 2. The summed E-state index contributed by atoms with van der Waals surface area (Å²) in [5, 5.41) is 20.7. The minimum absolute atomic E-state index is 0.0122. The third kappa shape index (κ3) is 1.40. The van der Waals surface area contributed by atoms with Crippen molar-refractivity contribution < 1.29 is 14.8 Å². The number of hydrogen-bond acceptors (Lipinski definition) is 5. The molecule has 0 amide bonds. The molecule has 0 radical (unpaired) electrons. The second-order valence-corrected chi connectivity index (χ2v) is 3.10. The number of methoxy groups -OCH3 is 1. The summed E-state index contributed by atoms with van der Waals surface area (Å²) in [6.07, 6.45) is 1.36. The highest BCUT2D eigenvalue weighted by Gasteiger charge is 2.19. The lowest BCUT2D eigenvalue weighted by molar-refractivity contribution is -0.385. The van der Waals surface area contributed by atoms with Crippen molar-refractivity contribution in [1.29, 1.82) is 0 Å². The van der Waals surface area contributed by atoms with Gasteiger partial charge in [-0.2, -0.15) is 0 Å². The van der Waals surface area contributed by atoms with Gasteiger partial charge in [0, 0.05) is 17.6 Å². The topological polar surface area (TPSA) is 85.5 Å². The van der Waals surface area contributed by atoms with E-state index in [2.05, 4.69) is 4.98 Å².